The van der Waals surface area contributed by atoms with Crippen LogP contribution in [0.3, 0.4) is 0 Å². The maximum absolute atomic E-state index is 12.9. The van der Waals surface area contributed by atoms with Gasteiger partial charge in [0.05, 0.1) is 18.5 Å². The van der Waals surface area contributed by atoms with Crippen molar-refractivity contribution in [2.75, 3.05) is 13.2 Å². The lowest BCUT2D eigenvalue weighted by Crippen LogP contribution is -2.19. The van der Waals surface area contributed by atoms with Crippen molar-refractivity contribution in [3.8, 4) is 0 Å². The van der Waals surface area contributed by atoms with E-state index in [1.165, 1.54) is 0 Å². The second-order valence-corrected chi connectivity index (χ2v) is 7.58. The summed E-state index contributed by atoms with van der Waals surface area (Å²) < 4.78 is 23.7. The van der Waals surface area contributed by atoms with Crippen molar-refractivity contribution >= 4 is 12.9 Å². The predicted octanol–water partition coefficient (Wildman–Crippen LogP) is 4.18. The molecule has 0 aromatic heterocycles. The molecule has 0 fully saturated rings. The predicted molar refractivity (Wildman–Crippen MR) is 80.4 cm³/mol. The molecule has 0 aliphatic heterocycles. The molecular weight excluding hydrogens is 259 g/mol. The van der Waals surface area contributed by atoms with Gasteiger partial charge in [-0.2, -0.15) is 0 Å². The van der Waals surface area contributed by atoms with Gasteiger partial charge in [-0.05, 0) is 43.4 Å². The molecule has 0 N–H and O–H groups in total. The molecule has 0 heterocycles. The van der Waals surface area contributed by atoms with Gasteiger partial charge in [-0.15, -0.1) is 0 Å². The molecule has 0 radical (unpaired) electrons. The number of hydrogen-bond acceptors (Lipinski definition) is 3. The Morgan fingerprint density at radius 1 is 1.11 bits per heavy atom. The fourth-order valence-electron chi connectivity index (χ4n) is 1.89. The maximum atomic E-state index is 12.9. The second kappa shape index (κ2) is 6.21. The van der Waals surface area contributed by atoms with E-state index in [1.54, 1.807) is 0 Å². The number of rotatable bonds is 5. The van der Waals surface area contributed by atoms with E-state index in [1.807, 2.05) is 32.9 Å². The van der Waals surface area contributed by atoms with Crippen LogP contribution in [-0.2, 0) is 19.0 Å². The summed E-state index contributed by atoms with van der Waals surface area (Å²) in [6.45, 7) is 12.7. The molecule has 0 aliphatic carbocycles. The maximum Gasteiger partial charge on any atom is 0.361 e. The van der Waals surface area contributed by atoms with Crippen LogP contribution in [0.2, 0.25) is 0 Å². The van der Waals surface area contributed by atoms with Crippen molar-refractivity contribution in [2.24, 2.45) is 0 Å². The first-order valence-corrected chi connectivity index (χ1v) is 8.29. The monoisotopic (exact) mass is 284 g/mol. The molecule has 0 saturated heterocycles. The molecule has 0 unspecified atom stereocenters. The van der Waals surface area contributed by atoms with Crippen molar-refractivity contribution in [2.45, 2.75) is 47.0 Å². The summed E-state index contributed by atoms with van der Waals surface area (Å²) in [6.07, 6.45) is 0. The molecule has 0 saturated carbocycles. The van der Waals surface area contributed by atoms with Gasteiger partial charge in [0.2, 0.25) is 0 Å². The molecule has 19 heavy (non-hydrogen) atoms. The molecule has 0 bridgehead atoms. The van der Waals surface area contributed by atoms with Gasteiger partial charge in [-0.25, -0.2) is 0 Å². The first-order chi connectivity index (χ1) is 8.74. The molecule has 1 aromatic carbocycles. The summed E-state index contributed by atoms with van der Waals surface area (Å²) >= 11 is 0. The van der Waals surface area contributed by atoms with Crippen molar-refractivity contribution in [3.63, 3.8) is 0 Å². The Bertz CT molecular complexity index is 465. The fourth-order valence-corrected chi connectivity index (χ4v) is 3.72. The fraction of sp³-hybridized carbons (Fsp3) is 0.600. The van der Waals surface area contributed by atoms with E-state index in [9.17, 15) is 4.57 Å². The first kappa shape index (κ1) is 16.4. The minimum atomic E-state index is -3.21. The summed E-state index contributed by atoms with van der Waals surface area (Å²) in [5.41, 5.74) is 2.08. The molecule has 4 heteroatoms. The molecule has 0 aliphatic rings. The van der Waals surface area contributed by atoms with Crippen LogP contribution in [0.15, 0.2) is 18.2 Å². The van der Waals surface area contributed by atoms with Crippen LogP contribution in [0.5, 0.6) is 0 Å². The Hall–Kier alpha value is -0.630. The topological polar surface area (TPSA) is 35.5 Å². The zero-order chi connectivity index (χ0) is 14.7. The quantitative estimate of drug-likeness (QED) is 0.761. The van der Waals surface area contributed by atoms with Gasteiger partial charge in [0.15, 0.2) is 0 Å². The largest absolute Gasteiger partial charge is 0.361 e. The van der Waals surface area contributed by atoms with E-state index in [0.29, 0.717) is 18.5 Å². The van der Waals surface area contributed by atoms with Crippen LogP contribution in [0, 0.1) is 6.92 Å². The van der Waals surface area contributed by atoms with Crippen LogP contribution in [0.1, 0.15) is 45.7 Å². The third-order valence-corrected chi connectivity index (χ3v) is 5.24. The molecule has 1 rings (SSSR count). The molecule has 3 nitrogen and oxygen atoms in total. The van der Waals surface area contributed by atoms with E-state index < -0.39 is 7.60 Å². The SMILES string of the molecule is CCOP(=O)(OCC)c1cc(C(C)(C)C)ccc1C. The highest BCUT2D eigenvalue weighted by Crippen LogP contribution is 2.48. The third kappa shape index (κ3) is 3.92. The lowest BCUT2D eigenvalue weighted by molar-refractivity contribution is 0.230. The van der Waals surface area contributed by atoms with E-state index in [4.69, 9.17) is 9.05 Å². The highest BCUT2D eigenvalue weighted by Gasteiger charge is 2.30. The zero-order valence-electron chi connectivity index (χ0n) is 12.8. The Morgan fingerprint density at radius 2 is 1.63 bits per heavy atom. The smallest absolute Gasteiger partial charge is 0.305 e. The van der Waals surface area contributed by atoms with Gasteiger partial charge in [-0.1, -0.05) is 32.9 Å². The molecule has 1 aromatic rings. The van der Waals surface area contributed by atoms with Crippen LogP contribution >= 0.6 is 7.60 Å². The normalized spacial score (nSPS) is 12.7. The van der Waals surface area contributed by atoms with Gasteiger partial charge in [0, 0.05) is 0 Å². The Kier molecular flexibility index (Phi) is 5.37. The minimum Gasteiger partial charge on any atom is -0.305 e. The highest BCUT2D eigenvalue weighted by molar-refractivity contribution is 7.62. The van der Waals surface area contributed by atoms with Crippen LogP contribution in [0.4, 0.5) is 0 Å². The van der Waals surface area contributed by atoms with E-state index >= 15 is 0 Å². The number of aryl methyl sites for hydroxylation is 1. The summed E-state index contributed by atoms with van der Waals surface area (Å²) in [5, 5.41) is 0.684. The van der Waals surface area contributed by atoms with E-state index in [0.717, 1.165) is 11.1 Å². The molecule has 108 valence electrons. The van der Waals surface area contributed by atoms with Gasteiger partial charge in [-0.3, -0.25) is 4.57 Å². The summed E-state index contributed by atoms with van der Waals surface area (Å²) in [6, 6.07) is 6.02. The molecule has 0 amide bonds. The Balaban J connectivity index is 3.34. The lowest BCUT2D eigenvalue weighted by atomic mass is 9.87. The lowest BCUT2D eigenvalue weighted by Gasteiger charge is -2.24. The summed E-state index contributed by atoms with van der Waals surface area (Å²) in [4.78, 5) is 0. The van der Waals surface area contributed by atoms with E-state index in [2.05, 4.69) is 26.8 Å². The van der Waals surface area contributed by atoms with Crippen molar-refractivity contribution in [3.05, 3.63) is 29.3 Å². The number of hydrogen-bond donors (Lipinski definition) is 0. The van der Waals surface area contributed by atoms with Gasteiger partial charge in [0.25, 0.3) is 0 Å². The van der Waals surface area contributed by atoms with Crippen molar-refractivity contribution in [1.29, 1.82) is 0 Å². The Morgan fingerprint density at radius 3 is 2.05 bits per heavy atom. The van der Waals surface area contributed by atoms with Gasteiger partial charge >= 0.3 is 7.60 Å². The summed E-state index contributed by atoms with van der Waals surface area (Å²) in [7, 11) is -3.21. The van der Waals surface area contributed by atoms with Crippen LogP contribution in [-0.4, -0.2) is 13.2 Å². The van der Waals surface area contributed by atoms with E-state index in [-0.39, 0.29) is 5.41 Å². The standard InChI is InChI=1S/C15H25O3P/c1-7-17-19(16,18-8-2)14-11-13(15(4,5)6)10-9-12(14)3/h9-11H,7-8H2,1-6H3. The zero-order valence-corrected chi connectivity index (χ0v) is 13.7. The average molecular weight is 284 g/mol. The number of benzene rings is 1. The minimum absolute atomic E-state index is 0.00566. The highest BCUT2D eigenvalue weighted by atomic mass is 31.2. The van der Waals surface area contributed by atoms with Crippen LogP contribution < -0.4 is 5.30 Å². The second-order valence-electron chi connectivity index (χ2n) is 5.58. The van der Waals surface area contributed by atoms with Crippen LogP contribution in [0.25, 0.3) is 0 Å². The van der Waals surface area contributed by atoms with Gasteiger partial charge < -0.3 is 9.05 Å². The third-order valence-electron chi connectivity index (χ3n) is 2.97. The average Bonchev–Trinajstić information content (AvgIpc) is 2.28. The van der Waals surface area contributed by atoms with Crippen molar-refractivity contribution < 1.29 is 13.6 Å². The van der Waals surface area contributed by atoms with Crippen molar-refractivity contribution in [1.82, 2.24) is 0 Å². The Labute approximate surface area is 116 Å². The molecule has 0 spiro atoms. The summed E-state index contributed by atoms with van der Waals surface area (Å²) in [5.74, 6) is 0. The molecular formula is C15H25O3P. The van der Waals surface area contributed by atoms with Gasteiger partial charge in [0.1, 0.15) is 0 Å². The first-order valence-electron chi connectivity index (χ1n) is 6.75. The molecule has 0 atom stereocenters.